The van der Waals surface area contributed by atoms with Crippen molar-refractivity contribution in [2.45, 2.75) is 51.4 Å². The largest absolute Gasteiger partial charge is 0.383 e. The number of aryl methyl sites for hydroxylation is 1. The van der Waals surface area contributed by atoms with Crippen LogP contribution < -0.4 is 5.73 Å². The van der Waals surface area contributed by atoms with Crippen LogP contribution in [-0.2, 0) is 6.42 Å². The highest BCUT2D eigenvalue weighted by Gasteiger charge is 2.21. The van der Waals surface area contributed by atoms with Gasteiger partial charge in [0.05, 0.1) is 9.26 Å². The molecule has 0 radical (unpaired) electrons. The van der Waals surface area contributed by atoms with Crippen molar-refractivity contribution in [1.29, 1.82) is 0 Å². The molecule has 1 aromatic heterocycles. The summed E-state index contributed by atoms with van der Waals surface area (Å²) >= 11 is 2.26. The first-order valence-corrected chi connectivity index (χ1v) is 7.12. The Balaban J connectivity index is 2.31. The summed E-state index contributed by atoms with van der Waals surface area (Å²) in [6.45, 7) is 2.17. The average molecular weight is 331 g/mol. The molecule has 1 aliphatic rings. The number of hydrogen-bond donors (Lipinski definition) is 1. The third-order valence-corrected chi connectivity index (χ3v) is 4.35. The van der Waals surface area contributed by atoms with Gasteiger partial charge in [-0.05, 0) is 41.9 Å². The zero-order chi connectivity index (χ0) is 11.5. The van der Waals surface area contributed by atoms with Crippen LogP contribution in [0.3, 0.4) is 0 Å². The number of nitrogens with two attached hydrogens (primary N) is 1. The van der Waals surface area contributed by atoms with Crippen molar-refractivity contribution in [1.82, 2.24) is 9.97 Å². The summed E-state index contributed by atoms with van der Waals surface area (Å²) in [5.41, 5.74) is 7.10. The van der Waals surface area contributed by atoms with E-state index in [9.17, 15) is 0 Å². The lowest BCUT2D eigenvalue weighted by Crippen LogP contribution is -2.09. The first-order valence-electron chi connectivity index (χ1n) is 6.04. The van der Waals surface area contributed by atoms with Gasteiger partial charge in [-0.25, -0.2) is 9.97 Å². The second-order valence-electron chi connectivity index (χ2n) is 4.46. The van der Waals surface area contributed by atoms with Crippen LogP contribution in [0, 0.1) is 3.57 Å². The molecule has 4 heteroatoms. The molecule has 1 saturated carbocycles. The number of hydrogen-bond acceptors (Lipinski definition) is 3. The Morgan fingerprint density at radius 2 is 2.00 bits per heavy atom. The standard InChI is InChI=1S/C12H18IN3/c1-2-5-9-10(13)11(14)16-12(15-9)8-6-3-4-7-8/h8H,2-7H2,1H3,(H2,14,15,16). The van der Waals surface area contributed by atoms with Gasteiger partial charge in [-0.15, -0.1) is 0 Å². The highest BCUT2D eigenvalue weighted by atomic mass is 127. The van der Waals surface area contributed by atoms with E-state index in [2.05, 4.69) is 34.5 Å². The number of nitrogen functional groups attached to an aromatic ring is 1. The minimum atomic E-state index is 0.551. The maximum absolute atomic E-state index is 5.96. The Morgan fingerprint density at radius 1 is 1.31 bits per heavy atom. The molecular formula is C12H18IN3. The van der Waals surface area contributed by atoms with Crippen molar-refractivity contribution in [3.8, 4) is 0 Å². The predicted octanol–water partition coefficient (Wildman–Crippen LogP) is 3.27. The van der Waals surface area contributed by atoms with Gasteiger partial charge in [-0.1, -0.05) is 26.2 Å². The Morgan fingerprint density at radius 3 is 2.62 bits per heavy atom. The number of aromatic nitrogens is 2. The van der Waals surface area contributed by atoms with Crippen LogP contribution in [0.15, 0.2) is 0 Å². The third-order valence-electron chi connectivity index (χ3n) is 3.17. The summed E-state index contributed by atoms with van der Waals surface area (Å²) in [5.74, 6) is 2.20. The quantitative estimate of drug-likeness (QED) is 0.865. The maximum atomic E-state index is 5.96. The predicted molar refractivity (Wildman–Crippen MR) is 74.4 cm³/mol. The Hall–Kier alpha value is -0.390. The lowest BCUT2D eigenvalue weighted by atomic mass is 10.1. The van der Waals surface area contributed by atoms with Gasteiger partial charge in [0.1, 0.15) is 11.6 Å². The summed E-state index contributed by atoms with van der Waals surface area (Å²) in [7, 11) is 0. The van der Waals surface area contributed by atoms with Gasteiger partial charge >= 0.3 is 0 Å². The van der Waals surface area contributed by atoms with E-state index in [1.165, 1.54) is 25.7 Å². The lowest BCUT2D eigenvalue weighted by molar-refractivity contribution is 0.658. The Labute approximate surface area is 110 Å². The molecule has 16 heavy (non-hydrogen) atoms. The van der Waals surface area contributed by atoms with Crippen molar-refractivity contribution in [3.63, 3.8) is 0 Å². The fourth-order valence-corrected chi connectivity index (χ4v) is 2.81. The third kappa shape index (κ3) is 2.47. The zero-order valence-corrected chi connectivity index (χ0v) is 11.8. The van der Waals surface area contributed by atoms with E-state index in [1.807, 2.05) is 0 Å². The van der Waals surface area contributed by atoms with Crippen molar-refractivity contribution in [2.75, 3.05) is 5.73 Å². The summed E-state index contributed by atoms with van der Waals surface area (Å²) in [6.07, 6.45) is 7.19. The first kappa shape index (κ1) is 12.1. The second kappa shape index (κ2) is 5.29. The smallest absolute Gasteiger partial charge is 0.140 e. The van der Waals surface area contributed by atoms with E-state index >= 15 is 0 Å². The number of halogens is 1. The average Bonchev–Trinajstić information content (AvgIpc) is 2.78. The van der Waals surface area contributed by atoms with Gasteiger partial charge in [0.15, 0.2) is 0 Å². The molecule has 0 bridgehead atoms. The fourth-order valence-electron chi connectivity index (χ4n) is 2.30. The van der Waals surface area contributed by atoms with Crippen LogP contribution in [-0.4, -0.2) is 9.97 Å². The molecule has 0 spiro atoms. The molecule has 0 unspecified atom stereocenters. The molecule has 0 aromatic carbocycles. The summed E-state index contributed by atoms with van der Waals surface area (Å²) < 4.78 is 1.04. The highest BCUT2D eigenvalue weighted by molar-refractivity contribution is 14.1. The molecule has 0 aliphatic heterocycles. The van der Waals surface area contributed by atoms with Crippen LogP contribution in [0.5, 0.6) is 0 Å². The van der Waals surface area contributed by atoms with Crippen LogP contribution in [0.25, 0.3) is 0 Å². The molecule has 0 amide bonds. The van der Waals surface area contributed by atoms with Crippen LogP contribution >= 0.6 is 22.6 Å². The SMILES string of the molecule is CCCc1nc(C2CCCC2)nc(N)c1I. The molecule has 2 rings (SSSR count). The molecule has 1 aromatic rings. The van der Waals surface area contributed by atoms with E-state index in [0.29, 0.717) is 11.7 Å². The van der Waals surface area contributed by atoms with Gasteiger partial charge in [-0.2, -0.15) is 0 Å². The molecule has 88 valence electrons. The molecular weight excluding hydrogens is 313 g/mol. The van der Waals surface area contributed by atoms with Crippen molar-refractivity contribution >= 4 is 28.4 Å². The van der Waals surface area contributed by atoms with Gasteiger partial charge < -0.3 is 5.73 Å². The summed E-state index contributed by atoms with van der Waals surface area (Å²) in [6, 6.07) is 0. The van der Waals surface area contributed by atoms with E-state index < -0.39 is 0 Å². The fraction of sp³-hybridized carbons (Fsp3) is 0.667. The monoisotopic (exact) mass is 331 g/mol. The highest BCUT2D eigenvalue weighted by Crippen LogP contribution is 2.33. The van der Waals surface area contributed by atoms with Gasteiger partial charge in [0.25, 0.3) is 0 Å². The Kier molecular flexibility index (Phi) is 4.00. The molecule has 1 heterocycles. The topological polar surface area (TPSA) is 51.8 Å². The number of rotatable bonds is 3. The molecule has 0 saturated heterocycles. The van der Waals surface area contributed by atoms with Gasteiger partial charge in [0, 0.05) is 5.92 Å². The molecule has 1 aliphatic carbocycles. The summed E-state index contributed by atoms with van der Waals surface area (Å²) in [5, 5.41) is 0. The minimum Gasteiger partial charge on any atom is -0.383 e. The summed E-state index contributed by atoms with van der Waals surface area (Å²) in [4.78, 5) is 9.16. The molecule has 0 atom stereocenters. The Bertz CT molecular complexity index is 373. The van der Waals surface area contributed by atoms with E-state index in [0.717, 1.165) is 27.9 Å². The van der Waals surface area contributed by atoms with Crippen LogP contribution in [0.4, 0.5) is 5.82 Å². The van der Waals surface area contributed by atoms with E-state index in [4.69, 9.17) is 10.7 Å². The van der Waals surface area contributed by atoms with Crippen molar-refractivity contribution < 1.29 is 0 Å². The molecule has 3 nitrogen and oxygen atoms in total. The van der Waals surface area contributed by atoms with Gasteiger partial charge in [-0.3, -0.25) is 0 Å². The zero-order valence-electron chi connectivity index (χ0n) is 9.67. The number of nitrogens with zero attached hydrogens (tertiary/aromatic N) is 2. The van der Waals surface area contributed by atoms with E-state index in [1.54, 1.807) is 0 Å². The van der Waals surface area contributed by atoms with E-state index in [-0.39, 0.29) is 0 Å². The van der Waals surface area contributed by atoms with Crippen LogP contribution in [0.1, 0.15) is 56.5 Å². The number of anilines is 1. The molecule has 1 fully saturated rings. The van der Waals surface area contributed by atoms with Crippen molar-refractivity contribution in [3.05, 3.63) is 15.1 Å². The maximum Gasteiger partial charge on any atom is 0.140 e. The minimum absolute atomic E-state index is 0.551. The van der Waals surface area contributed by atoms with Crippen molar-refractivity contribution in [2.24, 2.45) is 0 Å². The van der Waals surface area contributed by atoms with Gasteiger partial charge in [0.2, 0.25) is 0 Å². The lowest BCUT2D eigenvalue weighted by Gasteiger charge is -2.12. The first-order chi connectivity index (χ1) is 7.72. The molecule has 2 N–H and O–H groups in total. The second-order valence-corrected chi connectivity index (χ2v) is 5.54. The normalized spacial score (nSPS) is 16.9. The van der Waals surface area contributed by atoms with Crippen LogP contribution in [0.2, 0.25) is 0 Å².